The maximum atomic E-state index is 12.3. The van der Waals surface area contributed by atoms with Crippen molar-refractivity contribution < 1.29 is 24.2 Å². The number of nitrogens with one attached hydrogen (secondary N) is 1. The van der Waals surface area contributed by atoms with Gasteiger partial charge < -0.3 is 19.9 Å². The predicted molar refractivity (Wildman–Crippen MR) is 83.2 cm³/mol. The van der Waals surface area contributed by atoms with Crippen LogP contribution in [0.4, 0.5) is 0 Å². The van der Waals surface area contributed by atoms with E-state index in [1.54, 1.807) is 6.92 Å². The van der Waals surface area contributed by atoms with E-state index >= 15 is 0 Å². The molecule has 1 saturated heterocycles. The number of carbonyl (C=O) groups is 2. The number of aliphatic hydroxyl groups is 1. The summed E-state index contributed by atoms with van der Waals surface area (Å²) in [6.07, 6.45) is 0.352. The Morgan fingerprint density at radius 1 is 1.35 bits per heavy atom. The van der Waals surface area contributed by atoms with Crippen LogP contribution in [-0.4, -0.2) is 35.4 Å². The molecule has 1 aliphatic rings. The van der Waals surface area contributed by atoms with E-state index in [0.29, 0.717) is 13.0 Å². The number of ether oxygens (including phenoxy) is 2. The summed E-state index contributed by atoms with van der Waals surface area (Å²) < 4.78 is 10.3. The molecule has 0 saturated carbocycles. The molecule has 1 heterocycles. The third-order valence-electron chi connectivity index (χ3n) is 3.94. The molecule has 0 spiro atoms. The first-order valence-corrected chi connectivity index (χ1v) is 7.89. The Bertz CT molecular complexity index is 525. The van der Waals surface area contributed by atoms with Gasteiger partial charge in [0.25, 0.3) is 0 Å². The fourth-order valence-electron chi connectivity index (χ4n) is 2.63. The molecule has 0 amide bonds. The average Bonchev–Trinajstić information content (AvgIpc) is 3.03. The maximum absolute atomic E-state index is 12.3. The molecule has 126 valence electrons. The van der Waals surface area contributed by atoms with Crippen LogP contribution in [0.25, 0.3) is 0 Å². The number of aliphatic hydroxyl groups excluding tert-OH is 1. The molecule has 2 rings (SSSR count). The van der Waals surface area contributed by atoms with E-state index in [1.807, 2.05) is 30.3 Å². The summed E-state index contributed by atoms with van der Waals surface area (Å²) in [7, 11) is 0. The molecule has 1 aromatic rings. The van der Waals surface area contributed by atoms with Gasteiger partial charge in [0.05, 0.1) is 6.61 Å². The van der Waals surface area contributed by atoms with Crippen LogP contribution in [0.2, 0.25) is 0 Å². The van der Waals surface area contributed by atoms with E-state index in [1.165, 1.54) is 0 Å². The quantitative estimate of drug-likeness (QED) is 0.450. The van der Waals surface area contributed by atoms with Crippen molar-refractivity contribution in [1.82, 2.24) is 5.32 Å². The van der Waals surface area contributed by atoms with Crippen LogP contribution in [0.3, 0.4) is 0 Å². The molecular weight excluding hydrogens is 298 g/mol. The van der Waals surface area contributed by atoms with E-state index < -0.39 is 23.8 Å². The molecule has 6 heteroatoms. The number of rotatable bonds is 7. The molecule has 2 atom stereocenters. The van der Waals surface area contributed by atoms with Gasteiger partial charge in [0, 0.05) is 12.8 Å². The lowest BCUT2D eigenvalue weighted by Crippen LogP contribution is -2.51. The lowest BCUT2D eigenvalue weighted by atomic mass is 9.93. The first-order valence-electron chi connectivity index (χ1n) is 7.89. The van der Waals surface area contributed by atoms with Gasteiger partial charge in [0.15, 0.2) is 6.29 Å². The minimum Gasteiger partial charge on any atom is -0.392 e. The van der Waals surface area contributed by atoms with E-state index in [2.05, 4.69) is 5.32 Å². The smallest absolute Gasteiger partial charge is 0.334 e. The van der Waals surface area contributed by atoms with Crippen molar-refractivity contribution in [3.05, 3.63) is 35.9 Å². The lowest BCUT2D eigenvalue weighted by Gasteiger charge is -2.28. The summed E-state index contributed by atoms with van der Waals surface area (Å²) in [5, 5.41) is 13.2. The number of benzene rings is 1. The molecule has 0 radical (unpaired) electrons. The third kappa shape index (κ3) is 4.86. The van der Waals surface area contributed by atoms with Gasteiger partial charge in [-0.25, -0.2) is 4.79 Å². The van der Waals surface area contributed by atoms with E-state index in [-0.39, 0.29) is 19.4 Å². The molecular formula is C17H23NO5. The first kappa shape index (κ1) is 17.6. The second-order valence-corrected chi connectivity index (χ2v) is 5.68. The lowest BCUT2D eigenvalue weighted by molar-refractivity contribution is -0.170. The zero-order valence-electron chi connectivity index (χ0n) is 13.3. The van der Waals surface area contributed by atoms with Crippen LogP contribution in [0.5, 0.6) is 0 Å². The molecule has 0 aromatic heterocycles. The minimum atomic E-state index is -1.12. The second kappa shape index (κ2) is 8.19. The van der Waals surface area contributed by atoms with Crippen molar-refractivity contribution in [1.29, 1.82) is 0 Å². The van der Waals surface area contributed by atoms with Crippen LogP contribution < -0.4 is 5.32 Å². The van der Waals surface area contributed by atoms with E-state index in [4.69, 9.17) is 9.47 Å². The largest absolute Gasteiger partial charge is 0.392 e. The van der Waals surface area contributed by atoms with Crippen LogP contribution in [0, 0.1) is 0 Å². The Balaban J connectivity index is 1.93. The Kier molecular flexibility index (Phi) is 6.27. The number of hydrogen-bond acceptors (Lipinski definition) is 6. The second-order valence-electron chi connectivity index (χ2n) is 5.68. The zero-order valence-corrected chi connectivity index (χ0v) is 13.3. The Morgan fingerprint density at radius 3 is 2.70 bits per heavy atom. The summed E-state index contributed by atoms with van der Waals surface area (Å²) in [6.45, 7) is 2.52. The van der Waals surface area contributed by atoms with Gasteiger partial charge in [-0.05, 0) is 24.9 Å². The molecule has 1 aliphatic heterocycles. The highest BCUT2D eigenvalue weighted by atomic mass is 16.6. The highest BCUT2D eigenvalue weighted by Gasteiger charge is 2.45. The van der Waals surface area contributed by atoms with Crippen molar-refractivity contribution in [3.8, 4) is 0 Å². The first-order chi connectivity index (χ1) is 11.1. The number of carbonyl (C=O) groups excluding carboxylic acids is 2. The Hall–Kier alpha value is -1.76. The van der Waals surface area contributed by atoms with Gasteiger partial charge in [-0.15, -0.1) is 0 Å². The zero-order chi connectivity index (χ0) is 16.7. The van der Waals surface area contributed by atoms with Crippen LogP contribution >= 0.6 is 0 Å². The van der Waals surface area contributed by atoms with Crippen LogP contribution in [0.15, 0.2) is 30.3 Å². The summed E-state index contributed by atoms with van der Waals surface area (Å²) in [4.78, 5) is 23.6. The van der Waals surface area contributed by atoms with Crippen molar-refractivity contribution >= 4 is 11.9 Å². The minimum absolute atomic E-state index is 0.0513. The number of esters is 2. The molecule has 0 bridgehead atoms. The molecule has 23 heavy (non-hydrogen) atoms. The molecule has 1 aromatic carbocycles. The van der Waals surface area contributed by atoms with Crippen LogP contribution in [-0.2, 0) is 25.7 Å². The topological polar surface area (TPSA) is 84.9 Å². The van der Waals surface area contributed by atoms with E-state index in [0.717, 1.165) is 12.0 Å². The van der Waals surface area contributed by atoms with Crippen molar-refractivity contribution in [2.75, 3.05) is 6.54 Å². The third-order valence-corrected chi connectivity index (χ3v) is 3.94. The molecule has 0 aliphatic carbocycles. The molecule has 2 N–H and O–H groups in total. The normalized spacial score (nSPS) is 21.8. The van der Waals surface area contributed by atoms with Crippen molar-refractivity contribution in [3.63, 3.8) is 0 Å². The van der Waals surface area contributed by atoms with Crippen molar-refractivity contribution in [2.24, 2.45) is 0 Å². The van der Waals surface area contributed by atoms with Gasteiger partial charge in [0.1, 0.15) is 5.54 Å². The summed E-state index contributed by atoms with van der Waals surface area (Å²) in [5.41, 5.74) is -0.121. The summed E-state index contributed by atoms with van der Waals surface area (Å²) in [6, 6.07) is 9.46. The average molecular weight is 321 g/mol. The predicted octanol–water partition coefficient (Wildman–Crippen LogP) is 1.51. The maximum Gasteiger partial charge on any atom is 0.334 e. The van der Waals surface area contributed by atoms with Gasteiger partial charge in [0.2, 0.25) is 0 Å². The standard InChI is InChI=1S/C17H23NO5/c1-2-14(19)23-16(21)17(9-6-10-18-17)11-15(20)22-12-13-7-4-3-5-8-13/h3-5,7-8,15,18,20H,2,6,9-12H2,1H3/t15-,17?/m0/s1. The fraction of sp³-hybridized carbons (Fsp3) is 0.529. The van der Waals surface area contributed by atoms with Gasteiger partial charge in [-0.2, -0.15) is 0 Å². The van der Waals surface area contributed by atoms with Crippen LogP contribution in [0.1, 0.15) is 38.2 Å². The summed E-state index contributed by atoms with van der Waals surface area (Å²) >= 11 is 0. The SMILES string of the molecule is CCC(=O)OC(=O)C1(C[C@@H](O)OCc2ccccc2)CCCN1. The highest BCUT2D eigenvalue weighted by Crippen LogP contribution is 2.27. The highest BCUT2D eigenvalue weighted by molar-refractivity contribution is 5.91. The molecule has 6 nitrogen and oxygen atoms in total. The number of hydrogen-bond donors (Lipinski definition) is 2. The van der Waals surface area contributed by atoms with Gasteiger partial charge in [-0.3, -0.25) is 4.79 Å². The summed E-state index contributed by atoms with van der Waals surface area (Å²) in [5.74, 6) is -1.20. The Morgan fingerprint density at radius 2 is 2.09 bits per heavy atom. The van der Waals surface area contributed by atoms with Gasteiger partial charge in [-0.1, -0.05) is 37.3 Å². The monoisotopic (exact) mass is 321 g/mol. The van der Waals surface area contributed by atoms with E-state index in [9.17, 15) is 14.7 Å². The molecule has 1 unspecified atom stereocenters. The van der Waals surface area contributed by atoms with Crippen molar-refractivity contribution in [2.45, 2.75) is 51.0 Å². The Labute approximate surface area is 135 Å². The fourth-order valence-corrected chi connectivity index (χ4v) is 2.63. The molecule has 1 fully saturated rings. The van der Waals surface area contributed by atoms with Gasteiger partial charge >= 0.3 is 11.9 Å².